The summed E-state index contributed by atoms with van der Waals surface area (Å²) in [4.78, 5) is 4.18. The van der Waals surface area contributed by atoms with Gasteiger partial charge >= 0.3 is 0 Å². The zero-order valence-corrected chi connectivity index (χ0v) is 9.48. The van der Waals surface area contributed by atoms with Gasteiger partial charge in [-0.05, 0) is 42.8 Å². The summed E-state index contributed by atoms with van der Waals surface area (Å²) in [5.41, 5.74) is 1.42. The number of hydrogen-bond acceptors (Lipinski definition) is 2. The number of pyridine rings is 1. The summed E-state index contributed by atoms with van der Waals surface area (Å²) in [5.74, 6) is 0.823. The van der Waals surface area contributed by atoms with Crippen molar-refractivity contribution in [1.29, 1.82) is 0 Å². The Labute approximate surface area is 95.7 Å². The first-order valence-corrected chi connectivity index (χ1v) is 5.90. The normalized spacial score (nSPS) is 17.6. The summed E-state index contributed by atoms with van der Waals surface area (Å²) in [6, 6.07) is 9.13. The number of fused-ring (bicyclic) bond motifs is 1. The lowest BCUT2D eigenvalue weighted by Gasteiger charge is -2.17. The van der Waals surface area contributed by atoms with Gasteiger partial charge in [0.2, 0.25) is 0 Å². The van der Waals surface area contributed by atoms with Crippen LogP contribution in [-0.4, -0.2) is 12.0 Å². The summed E-state index contributed by atoms with van der Waals surface area (Å²) in [5, 5.41) is 6.03. The Morgan fingerprint density at radius 2 is 2.19 bits per heavy atom. The van der Waals surface area contributed by atoms with Gasteiger partial charge < -0.3 is 5.32 Å². The van der Waals surface area contributed by atoms with Crippen LogP contribution in [0, 0.1) is 5.92 Å². The zero-order chi connectivity index (χ0) is 11.0. The first kappa shape index (κ1) is 9.79. The molecule has 1 heterocycles. The topological polar surface area (TPSA) is 24.9 Å². The number of rotatable bonds is 3. The Balaban J connectivity index is 2.14. The molecule has 0 bridgehead atoms. The van der Waals surface area contributed by atoms with E-state index in [0.717, 1.165) is 5.92 Å². The average molecular weight is 212 g/mol. The van der Waals surface area contributed by atoms with E-state index in [1.165, 1.54) is 29.2 Å². The summed E-state index contributed by atoms with van der Waals surface area (Å²) in [6.45, 7) is 0. The van der Waals surface area contributed by atoms with Crippen molar-refractivity contribution in [3.63, 3.8) is 0 Å². The molecule has 0 spiro atoms. The predicted molar refractivity (Wildman–Crippen MR) is 66.3 cm³/mol. The van der Waals surface area contributed by atoms with Gasteiger partial charge in [0.05, 0.1) is 0 Å². The fraction of sp³-hybridized carbons (Fsp3) is 0.357. The molecule has 2 heteroatoms. The Morgan fingerprint density at radius 1 is 1.31 bits per heavy atom. The van der Waals surface area contributed by atoms with Crippen molar-refractivity contribution in [3.8, 4) is 0 Å². The fourth-order valence-electron chi connectivity index (χ4n) is 2.49. The lowest BCUT2D eigenvalue weighted by atomic mass is 9.97. The largest absolute Gasteiger partial charge is 0.313 e. The molecule has 16 heavy (non-hydrogen) atoms. The molecule has 1 aromatic heterocycles. The molecule has 3 rings (SSSR count). The van der Waals surface area contributed by atoms with Crippen LogP contribution in [0.15, 0.2) is 36.7 Å². The van der Waals surface area contributed by atoms with Gasteiger partial charge in [-0.3, -0.25) is 4.98 Å². The molecule has 1 aliphatic carbocycles. The van der Waals surface area contributed by atoms with E-state index in [-0.39, 0.29) is 0 Å². The van der Waals surface area contributed by atoms with E-state index in [0.29, 0.717) is 6.04 Å². The summed E-state index contributed by atoms with van der Waals surface area (Å²) in [6.07, 6.45) is 6.53. The van der Waals surface area contributed by atoms with E-state index in [4.69, 9.17) is 0 Å². The SMILES string of the molecule is CNC(c1cccc2cnccc12)C1CC1. The van der Waals surface area contributed by atoms with Crippen LogP contribution >= 0.6 is 0 Å². The molecule has 1 aromatic carbocycles. The van der Waals surface area contributed by atoms with Gasteiger partial charge in [0.1, 0.15) is 0 Å². The molecule has 1 fully saturated rings. The van der Waals surface area contributed by atoms with Crippen LogP contribution in [0.4, 0.5) is 0 Å². The lowest BCUT2D eigenvalue weighted by Crippen LogP contribution is -2.18. The van der Waals surface area contributed by atoms with Crippen molar-refractivity contribution in [2.24, 2.45) is 5.92 Å². The smallest absolute Gasteiger partial charge is 0.0352 e. The fourth-order valence-corrected chi connectivity index (χ4v) is 2.49. The minimum absolute atomic E-state index is 0.506. The quantitative estimate of drug-likeness (QED) is 0.846. The van der Waals surface area contributed by atoms with Crippen molar-refractivity contribution in [2.75, 3.05) is 7.05 Å². The highest BCUT2D eigenvalue weighted by Gasteiger charge is 2.31. The maximum absolute atomic E-state index is 4.18. The molecule has 1 N–H and O–H groups in total. The second kappa shape index (κ2) is 3.87. The van der Waals surface area contributed by atoms with Gasteiger partial charge in [0.25, 0.3) is 0 Å². The molecule has 0 aliphatic heterocycles. The molecular weight excluding hydrogens is 196 g/mol. The van der Waals surface area contributed by atoms with E-state index in [1.54, 1.807) is 0 Å². The highest BCUT2D eigenvalue weighted by molar-refractivity contribution is 5.85. The van der Waals surface area contributed by atoms with Crippen LogP contribution in [0.25, 0.3) is 10.8 Å². The van der Waals surface area contributed by atoms with E-state index in [9.17, 15) is 0 Å². The molecule has 0 amide bonds. The highest BCUT2D eigenvalue weighted by Crippen LogP contribution is 2.42. The number of hydrogen-bond donors (Lipinski definition) is 1. The van der Waals surface area contributed by atoms with Crippen molar-refractivity contribution in [2.45, 2.75) is 18.9 Å². The second-order valence-electron chi connectivity index (χ2n) is 4.55. The van der Waals surface area contributed by atoms with Crippen LogP contribution in [0.2, 0.25) is 0 Å². The third kappa shape index (κ3) is 1.59. The minimum atomic E-state index is 0.506. The number of benzene rings is 1. The molecular formula is C14H16N2. The summed E-state index contributed by atoms with van der Waals surface area (Å²) in [7, 11) is 2.06. The van der Waals surface area contributed by atoms with Gasteiger partial charge in [-0.15, -0.1) is 0 Å². The van der Waals surface area contributed by atoms with Crippen molar-refractivity contribution in [1.82, 2.24) is 10.3 Å². The van der Waals surface area contributed by atoms with Crippen LogP contribution in [0.3, 0.4) is 0 Å². The summed E-state index contributed by atoms with van der Waals surface area (Å²) < 4.78 is 0. The average Bonchev–Trinajstić information content (AvgIpc) is 3.15. The molecule has 1 aliphatic rings. The van der Waals surface area contributed by atoms with Crippen LogP contribution in [0.5, 0.6) is 0 Å². The molecule has 2 nitrogen and oxygen atoms in total. The molecule has 2 aromatic rings. The molecule has 0 radical (unpaired) electrons. The molecule has 1 atom stereocenters. The van der Waals surface area contributed by atoms with Gasteiger partial charge in [0, 0.05) is 23.8 Å². The van der Waals surface area contributed by atoms with Gasteiger partial charge in [-0.25, -0.2) is 0 Å². The Morgan fingerprint density at radius 3 is 2.94 bits per heavy atom. The first-order valence-electron chi connectivity index (χ1n) is 5.90. The Bertz CT molecular complexity index is 498. The Kier molecular flexibility index (Phi) is 2.37. The van der Waals surface area contributed by atoms with Gasteiger partial charge in [-0.2, -0.15) is 0 Å². The second-order valence-corrected chi connectivity index (χ2v) is 4.55. The van der Waals surface area contributed by atoms with Crippen molar-refractivity contribution in [3.05, 3.63) is 42.2 Å². The predicted octanol–water partition coefficient (Wildman–Crippen LogP) is 2.91. The van der Waals surface area contributed by atoms with E-state index >= 15 is 0 Å². The van der Waals surface area contributed by atoms with Gasteiger partial charge in [0.15, 0.2) is 0 Å². The summed E-state index contributed by atoms with van der Waals surface area (Å²) >= 11 is 0. The van der Waals surface area contributed by atoms with E-state index < -0.39 is 0 Å². The highest BCUT2D eigenvalue weighted by atomic mass is 14.9. The molecule has 0 saturated heterocycles. The number of nitrogens with zero attached hydrogens (tertiary/aromatic N) is 1. The minimum Gasteiger partial charge on any atom is -0.313 e. The number of aromatic nitrogens is 1. The Hall–Kier alpha value is -1.41. The van der Waals surface area contributed by atoms with E-state index in [2.05, 4.69) is 41.6 Å². The molecule has 1 unspecified atom stereocenters. The monoisotopic (exact) mass is 212 g/mol. The first-order chi connectivity index (χ1) is 7.90. The molecule has 1 saturated carbocycles. The van der Waals surface area contributed by atoms with Crippen LogP contribution in [0.1, 0.15) is 24.4 Å². The maximum Gasteiger partial charge on any atom is 0.0352 e. The van der Waals surface area contributed by atoms with Crippen molar-refractivity contribution < 1.29 is 0 Å². The van der Waals surface area contributed by atoms with Gasteiger partial charge in [-0.1, -0.05) is 18.2 Å². The van der Waals surface area contributed by atoms with Crippen molar-refractivity contribution >= 4 is 10.8 Å². The zero-order valence-electron chi connectivity index (χ0n) is 9.48. The van der Waals surface area contributed by atoms with E-state index in [1.807, 2.05) is 12.4 Å². The lowest BCUT2D eigenvalue weighted by molar-refractivity contribution is 0.532. The standard InChI is InChI=1S/C14H16N2/c1-15-14(10-5-6-10)13-4-2-3-11-9-16-8-7-12(11)13/h2-4,7-10,14-15H,5-6H2,1H3. The third-order valence-corrected chi connectivity index (χ3v) is 3.45. The molecule has 82 valence electrons. The maximum atomic E-state index is 4.18. The van der Waals surface area contributed by atoms with Crippen LogP contribution < -0.4 is 5.32 Å². The number of nitrogens with one attached hydrogen (secondary N) is 1. The third-order valence-electron chi connectivity index (χ3n) is 3.45. The van der Waals surface area contributed by atoms with Crippen LogP contribution in [-0.2, 0) is 0 Å².